The average molecular weight is 872 g/mol. The third kappa shape index (κ3) is 15.8. The Kier molecular flexibility index (Phi) is 21.0. The molecule has 18 nitrogen and oxygen atoms in total. The fourth-order valence-corrected chi connectivity index (χ4v) is 5.10. The number of hydrogen-bond acceptors (Lipinski definition) is 14. The number of carbonyl (C=O) groups is 3. The first-order valence-electron chi connectivity index (χ1n) is 13.9. The molecule has 0 amide bonds. The number of halogens is 6. The summed E-state index contributed by atoms with van der Waals surface area (Å²) in [6, 6.07) is 14.1. The van der Waals surface area contributed by atoms with Crippen LogP contribution < -0.4 is 24.3 Å². The van der Waals surface area contributed by atoms with Gasteiger partial charge in [-0.2, -0.15) is 5.10 Å². The second-order valence-corrected chi connectivity index (χ2v) is 12.1. The number of carboxylic acid groups (broad SMARTS) is 1. The number of esters is 2. The first kappa shape index (κ1) is 48.8. The zero-order chi connectivity index (χ0) is 39.2. The molecule has 6 rings (SSSR count). The summed E-state index contributed by atoms with van der Waals surface area (Å²) >= 11 is 34.5. The van der Waals surface area contributed by atoms with Crippen LogP contribution in [0.15, 0.2) is 73.6 Å². The van der Waals surface area contributed by atoms with E-state index < -0.39 is 25.0 Å². The van der Waals surface area contributed by atoms with Gasteiger partial charge in [0.15, 0.2) is 0 Å². The molecule has 0 atom stereocenters. The number of carboxylic acids is 1. The SMILES string of the molecule is COC(=O)c1ncn(-c2cc(Cl)cc(Cl)c2)n1.COC(=O)c1ncn[nH]1.O=C(O)c1ncn(-c2cc(Cl)cc(Cl)c2)n1.OB(O)c1cc(Cl)cc(Cl)c1.[Li+].[OH-]. The Morgan fingerprint density at radius 1 is 0.655 bits per heavy atom. The molecule has 6 aromatic rings. The van der Waals surface area contributed by atoms with Gasteiger partial charge in [0.25, 0.3) is 11.6 Å². The Morgan fingerprint density at radius 3 is 1.40 bits per heavy atom. The largest absolute Gasteiger partial charge is 1.00 e. The summed E-state index contributed by atoms with van der Waals surface area (Å²) in [6.07, 6.45) is 3.91. The molecule has 0 aliphatic rings. The van der Waals surface area contributed by atoms with Crippen molar-refractivity contribution in [2.45, 2.75) is 0 Å². The van der Waals surface area contributed by atoms with E-state index >= 15 is 0 Å². The van der Waals surface area contributed by atoms with Gasteiger partial charge >= 0.3 is 43.9 Å². The van der Waals surface area contributed by atoms with E-state index in [2.05, 4.69) is 44.8 Å². The van der Waals surface area contributed by atoms with Crippen LogP contribution in [0, 0.1) is 0 Å². The Bertz CT molecular complexity index is 2120. The van der Waals surface area contributed by atoms with E-state index in [4.69, 9.17) is 84.8 Å². The van der Waals surface area contributed by atoms with Gasteiger partial charge in [0.2, 0.25) is 5.82 Å². The Labute approximate surface area is 352 Å². The molecule has 0 radical (unpaired) electrons. The molecular weight excluding hydrogens is 849 g/mol. The van der Waals surface area contributed by atoms with Crippen LogP contribution in [0.3, 0.4) is 0 Å². The van der Waals surface area contributed by atoms with Crippen molar-refractivity contribution in [3.05, 3.63) is 121 Å². The number of benzene rings is 3. The molecule has 0 bridgehead atoms. The molecule has 3 aromatic carbocycles. The third-order valence-corrected chi connectivity index (χ3v) is 7.05. The molecule has 5 N–H and O–H groups in total. The van der Waals surface area contributed by atoms with E-state index in [0.717, 1.165) is 0 Å². The molecular formula is C29H23BCl6LiN9O9. The molecule has 284 valence electrons. The fraction of sp³-hybridized carbons (Fsp3) is 0.0690. The maximum Gasteiger partial charge on any atom is 1.00 e. The number of nitrogens with one attached hydrogen (secondary N) is 1. The second kappa shape index (κ2) is 23.6. The van der Waals surface area contributed by atoms with Crippen LogP contribution in [0.5, 0.6) is 0 Å². The summed E-state index contributed by atoms with van der Waals surface area (Å²) in [7, 11) is 1.02. The number of aromatic amines is 1. The number of aromatic nitrogens is 9. The monoisotopic (exact) mass is 869 g/mol. The molecule has 3 heterocycles. The number of ether oxygens (including phenoxy) is 2. The first-order chi connectivity index (χ1) is 25.1. The predicted octanol–water partition coefficient (Wildman–Crippen LogP) is 1.72. The van der Waals surface area contributed by atoms with Gasteiger partial charge in [0, 0.05) is 30.1 Å². The van der Waals surface area contributed by atoms with Crippen molar-refractivity contribution in [3.8, 4) is 11.4 Å². The average Bonchev–Trinajstić information content (AvgIpc) is 3.90. The van der Waals surface area contributed by atoms with Gasteiger partial charge in [-0.15, -0.1) is 10.2 Å². The minimum Gasteiger partial charge on any atom is -0.870 e. The van der Waals surface area contributed by atoms with E-state index in [9.17, 15) is 14.4 Å². The number of aromatic carboxylic acids is 1. The predicted molar refractivity (Wildman–Crippen MR) is 197 cm³/mol. The number of H-pyrrole nitrogens is 1. The summed E-state index contributed by atoms with van der Waals surface area (Å²) in [4.78, 5) is 43.3. The van der Waals surface area contributed by atoms with Crippen molar-refractivity contribution in [2.24, 2.45) is 0 Å². The smallest absolute Gasteiger partial charge is 0.870 e. The summed E-state index contributed by atoms with van der Waals surface area (Å²) in [5, 5.41) is 42.2. The molecule has 0 aliphatic carbocycles. The topological polar surface area (TPSA) is 263 Å². The summed E-state index contributed by atoms with van der Waals surface area (Å²) in [5.41, 5.74) is 1.46. The van der Waals surface area contributed by atoms with Crippen molar-refractivity contribution in [1.82, 2.24) is 44.7 Å². The van der Waals surface area contributed by atoms with Gasteiger partial charge < -0.3 is 30.1 Å². The standard InChI is InChI=1S/C10H7Cl2N3O2.C9H5Cl2N3O2.C6H5BCl2O2.C4H5N3O2.Li.H2O/c1-17-10(16)9-13-5-15(14-9)8-3-6(11)2-7(12)4-8;10-5-1-6(11)3-7(2-5)14-4-12-8(13-14)9(15)16;8-5-1-4(7(10)11)2-6(9)3-5;1-9-4(8)3-5-2-6-7-3;;/h2-5H,1H3;1-4H,(H,15,16);1-3,10-11H;2H,1H3,(H,5,6,7);;1H2/q;;;;+1;/p-1. The van der Waals surface area contributed by atoms with Crippen LogP contribution in [0.25, 0.3) is 11.4 Å². The van der Waals surface area contributed by atoms with Gasteiger partial charge in [0.05, 0.1) is 25.6 Å². The minimum atomic E-state index is -1.52. The van der Waals surface area contributed by atoms with Crippen molar-refractivity contribution >= 4 is 100 Å². The number of nitrogens with zero attached hydrogens (tertiary/aromatic N) is 8. The molecule has 3 aromatic heterocycles. The zero-order valence-corrected chi connectivity index (χ0v) is 32.7. The number of methoxy groups -OCH3 is 2. The van der Waals surface area contributed by atoms with Gasteiger partial charge in [-0.1, -0.05) is 69.6 Å². The normalized spacial score (nSPS) is 9.64. The number of carbonyl (C=O) groups excluding carboxylic acids is 2. The number of hydrogen-bond donors (Lipinski definition) is 4. The van der Waals surface area contributed by atoms with Gasteiger partial charge in [-0.25, -0.2) is 38.7 Å². The minimum absolute atomic E-state index is 0. The maximum atomic E-state index is 11.2. The van der Waals surface area contributed by atoms with Crippen LogP contribution in [-0.4, -0.2) is 105 Å². The fourth-order valence-electron chi connectivity index (χ4n) is 3.53. The quantitative estimate of drug-likeness (QED) is 0.137. The summed E-state index contributed by atoms with van der Waals surface area (Å²) in [5.74, 6) is -2.48. The van der Waals surface area contributed by atoms with Gasteiger partial charge in [-0.05, 0) is 60.1 Å². The second-order valence-electron chi connectivity index (χ2n) is 9.48. The summed E-state index contributed by atoms with van der Waals surface area (Å²) in [6.45, 7) is 0. The molecule has 0 fully saturated rings. The Morgan fingerprint density at radius 2 is 1.05 bits per heavy atom. The maximum absolute atomic E-state index is 11.2. The summed E-state index contributed by atoms with van der Waals surface area (Å²) < 4.78 is 11.5. The van der Waals surface area contributed by atoms with E-state index in [1.54, 1.807) is 36.4 Å². The Hall–Kier alpha value is -4.23. The van der Waals surface area contributed by atoms with E-state index in [0.29, 0.717) is 47.0 Å². The van der Waals surface area contributed by atoms with Crippen LogP contribution in [-0.2, 0) is 9.47 Å². The molecule has 0 unspecified atom stereocenters. The van der Waals surface area contributed by atoms with Crippen molar-refractivity contribution in [2.75, 3.05) is 14.2 Å². The third-order valence-electron chi connectivity index (χ3n) is 5.74. The molecule has 0 spiro atoms. The van der Waals surface area contributed by atoms with Crippen molar-refractivity contribution in [3.63, 3.8) is 0 Å². The molecule has 0 saturated heterocycles. The molecule has 0 saturated carbocycles. The van der Waals surface area contributed by atoms with Gasteiger partial charge in [-0.3, -0.25) is 5.10 Å². The van der Waals surface area contributed by atoms with E-state index in [1.165, 1.54) is 60.8 Å². The van der Waals surface area contributed by atoms with Crippen LogP contribution in [0.1, 0.15) is 31.9 Å². The first-order valence-corrected chi connectivity index (χ1v) is 16.2. The molecule has 0 aliphatic heterocycles. The molecule has 26 heteroatoms. The van der Waals surface area contributed by atoms with Crippen LogP contribution in [0.4, 0.5) is 0 Å². The number of rotatable bonds is 6. The van der Waals surface area contributed by atoms with E-state index in [1.807, 2.05) is 0 Å². The van der Waals surface area contributed by atoms with Gasteiger partial charge in [0.1, 0.15) is 19.0 Å². The Balaban J connectivity index is 0.000000373. The zero-order valence-electron chi connectivity index (χ0n) is 28.2. The van der Waals surface area contributed by atoms with Crippen molar-refractivity contribution in [1.29, 1.82) is 0 Å². The van der Waals surface area contributed by atoms with E-state index in [-0.39, 0.29) is 41.8 Å². The molecule has 55 heavy (non-hydrogen) atoms. The van der Waals surface area contributed by atoms with Crippen molar-refractivity contribution < 1.29 is 63.3 Å². The van der Waals surface area contributed by atoms with Crippen LogP contribution >= 0.6 is 69.6 Å². The van der Waals surface area contributed by atoms with Crippen LogP contribution in [0.2, 0.25) is 30.1 Å².